The lowest BCUT2D eigenvalue weighted by Crippen LogP contribution is -2.37. The Kier molecular flexibility index (Phi) is 6.71. The molecule has 0 aliphatic rings. The van der Waals surface area contributed by atoms with Gasteiger partial charge in [-0.25, -0.2) is 0 Å². The number of para-hydroxylation sites is 1. The molecule has 0 radical (unpaired) electrons. The number of nitrogens with two attached hydrogens (primary N) is 1. The standard InChI is InChI=1S/C18H17BrN2O4/c19-14-6-7-16(13(10-14)11-22)25-12-18(24)21(9-8-17(20)23)15-4-2-1-3-5-15/h1-7,10-11H,8-9,12H2,(H2,20,23). The number of amides is 2. The van der Waals surface area contributed by atoms with Crippen molar-refractivity contribution in [3.63, 3.8) is 0 Å². The quantitative estimate of drug-likeness (QED) is 0.684. The first-order chi connectivity index (χ1) is 12.0. The lowest BCUT2D eigenvalue weighted by atomic mass is 10.2. The highest BCUT2D eigenvalue weighted by molar-refractivity contribution is 9.10. The highest BCUT2D eigenvalue weighted by atomic mass is 79.9. The Bertz CT molecular complexity index is 765. The number of anilines is 1. The van der Waals surface area contributed by atoms with E-state index < -0.39 is 5.91 Å². The summed E-state index contributed by atoms with van der Waals surface area (Å²) in [5.41, 5.74) is 6.17. The van der Waals surface area contributed by atoms with Gasteiger partial charge in [0.1, 0.15) is 5.75 Å². The van der Waals surface area contributed by atoms with E-state index in [-0.39, 0.29) is 25.5 Å². The number of nitrogens with zero attached hydrogens (tertiary/aromatic N) is 1. The van der Waals surface area contributed by atoms with Crippen LogP contribution in [0.25, 0.3) is 0 Å². The molecule has 6 nitrogen and oxygen atoms in total. The van der Waals surface area contributed by atoms with E-state index in [4.69, 9.17) is 10.5 Å². The Labute approximate surface area is 153 Å². The molecule has 2 rings (SSSR count). The average Bonchev–Trinajstić information content (AvgIpc) is 2.61. The summed E-state index contributed by atoms with van der Waals surface area (Å²) in [5, 5.41) is 0. The van der Waals surface area contributed by atoms with Crippen molar-refractivity contribution in [2.24, 2.45) is 5.73 Å². The zero-order valence-corrected chi connectivity index (χ0v) is 14.9. The summed E-state index contributed by atoms with van der Waals surface area (Å²) in [4.78, 5) is 36.2. The summed E-state index contributed by atoms with van der Waals surface area (Å²) in [6.07, 6.45) is 0.700. The second kappa shape index (κ2) is 8.98. The highest BCUT2D eigenvalue weighted by Gasteiger charge is 2.17. The van der Waals surface area contributed by atoms with Crippen LogP contribution < -0.4 is 15.4 Å². The Morgan fingerprint density at radius 3 is 2.52 bits per heavy atom. The Hall–Kier alpha value is -2.67. The molecule has 130 valence electrons. The third kappa shape index (κ3) is 5.42. The van der Waals surface area contributed by atoms with Gasteiger partial charge in [0.25, 0.3) is 5.91 Å². The molecule has 0 aromatic heterocycles. The van der Waals surface area contributed by atoms with Gasteiger partial charge in [-0.1, -0.05) is 34.1 Å². The third-order valence-electron chi connectivity index (χ3n) is 3.40. The van der Waals surface area contributed by atoms with Gasteiger partial charge in [0.2, 0.25) is 5.91 Å². The maximum atomic E-state index is 12.5. The summed E-state index contributed by atoms with van der Waals surface area (Å²) in [5.74, 6) is -0.521. The van der Waals surface area contributed by atoms with Crippen molar-refractivity contribution in [2.75, 3.05) is 18.1 Å². The van der Waals surface area contributed by atoms with Crippen molar-refractivity contribution < 1.29 is 19.1 Å². The minimum atomic E-state index is -0.495. The van der Waals surface area contributed by atoms with Crippen molar-refractivity contribution in [2.45, 2.75) is 6.42 Å². The van der Waals surface area contributed by atoms with Gasteiger partial charge in [0.15, 0.2) is 12.9 Å². The molecule has 2 aromatic carbocycles. The highest BCUT2D eigenvalue weighted by Crippen LogP contribution is 2.22. The fourth-order valence-corrected chi connectivity index (χ4v) is 2.57. The predicted molar refractivity (Wildman–Crippen MR) is 97.6 cm³/mol. The number of carbonyl (C=O) groups excluding carboxylic acids is 3. The lowest BCUT2D eigenvalue weighted by molar-refractivity contribution is -0.120. The molecule has 0 unspecified atom stereocenters. The van der Waals surface area contributed by atoms with Crippen LogP contribution in [0.5, 0.6) is 5.75 Å². The van der Waals surface area contributed by atoms with Gasteiger partial charge >= 0.3 is 0 Å². The van der Waals surface area contributed by atoms with E-state index in [1.807, 2.05) is 6.07 Å². The van der Waals surface area contributed by atoms with E-state index in [9.17, 15) is 14.4 Å². The first-order valence-corrected chi connectivity index (χ1v) is 8.32. The molecule has 0 bridgehead atoms. The molecule has 0 atom stereocenters. The molecule has 0 saturated heterocycles. The van der Waals surface area contributed by atoms with Crippen LogP contribution in [0.2, 0.25) is 0 Å². The van der Waals surface area contributed by atoms with E-state index in [0.29, 0.717) is 23.3 Å². The van der Waals surface area contributed by atoms with E-state index in [1.165, 1.54) is 4.90 Å². The van der Waals surface area contributed by atoms with E-state index in [0.717, 1.165) is 4.47 Å². The maximum Gasteiger partial charge on any atom is 0.264 e. The van der Waals surface area contributed by atoms with Gasteiger partial charge in [0, 0.05) is 23.1 Å². The van der Waals surface area contributed by atoms with Crippen LogP contribution in [-0.4, -0.2) is 31.3 Å². The van der Waals surface area contributed by atoms with Crippen molar-refractivity contribution >= 4 is 39.7 Å². The number of benzene rings is 2. The monoisotopic (exact) mass is 404 g/mol. The Morgan fingerprint density at radius 2 is 1.88 bits per heavy atom. The molecule has 0 aliphatic heterocycles. The zero-order valence-electron chi connectivity index (χ0n) is 13.4. The second-order valence-corrected chi connectivity index (χ2v) is 6.10. The van der Waals surface area contributed by atoms with Gasteiger partial charge in [-0.05, 0) is 30.3 Å². The fourth-order valence-electron chi connectivity index (χ4n) is 2.19. The molecule has 7 heteroatoms. The van der Waals surface area contributed by atoms with Gasteiger partial charge in [-0.3, -0.25) is 14.4 Å². The number of halogens is 1. The largest absolute Gasteiger partial charge is 0.483 e. The molecular formula is C18H17BrN2O4. The van der Waals surface area contributed by atoms with E-state index in [2.05, 4.69) is 15.9 Å². The number of hydrogen-bond donors (Lipinski definition) is 1. The summed E-state index contributed by atoms with van der Waals surface area (Å²) in [6.45, 7) is -0.113. The Balaban J connectivity index is 2.11. The second-order valence-electron chi connectivity index (χ2n) is 5.19. The SMILES string of the molecule is NC(=O)CCN(C(=O)COc1ccc(Br)cc1C=O)c1ccccc1. The average molecular weight is 405 g/mol. The van der Waals surface area contributed by atoms with Crippen molar-refractivity contribution in [3.05, 3.63) is 58.6 Å². The van der Waals surface area contributed by atoms with Crippen molar-refractivity contribution in [1.29, 1.82) is 0 Å². The first-order valence-electron chi connectivity index (χ1n) is 7.52. The van der Waals surface area contributed by atoms with Crippen LogP contribution in [0.3, 0.4) is 0 Å². The van der Waals surface area contributed by atoms with Crippen LogP contribution in [0.1, 0.15) is 16.8 Å². The molecule has 0 heterocycles. The smallest absolute Gasteiger partial charge is 0.264 e. The lowest BCUT2D eigenvalue weighted by Gasteiger charge is -2.22. The summed E-state index contributed by atoms with van der Waals surface area (Å²) in [6, 6.07) is 13.9. The Morgan fingerprint density at radius 1 is 1.16 bits per heavy atom. The molecule has 0 saturated carbocycles. The minimum absolute atomic E-state index is 0.0402. The predicted octanol–water partition coefficient (Wildman–Crippen LogP) is 2.55. The molecule has 2 N–H and O–H groups in total. The van der Waals surface area contributed by atoms with E-state index in [1.54, 1.807) is 42.5 Å². The van der Waals surface area contributed by atoms with Crippen LogP contribution >= 0.6 is 15.9 Å². The number of rotatable bonds is 8. The maximum absolute atomic E-state index is 12.5. The topological polar surface area (TPSA) is 89.7 Å². The molecule has 0 spiro atoms. The normalized spacial score (nSPS) is 10.1. The number of carbonyl (C=O) groups is 3. The zero-order chi connectivity index (χ0) is 18.2. The number of ether oxygens (including phenoxy) is 1. The van der Waals surface area contributed by atoms with Crippen LogP contribution in [-0.2, 0) is 9.59 Å². The van der Waals surface area contributed by atoms with Crippen molar-refractivity contribution in [3.8, 4) is 5.75 Å². The van der Waals surface area contributed by atoms with Crippen molar-refractivity contribution in [1.82, 2.24) is 0 Å². The minimum Gasteiger partial charge on any atom is -0.483 e. The van der Waals surface area contributed by atoms with Gasteiger partial charge in [-0.2, -0.15) is 0 Å². The molecule has 2 amide bonds. The molecule has 0 aliphatic carbocycles. The number of aldehydes is 1. The van der Waals surface area contributed by atoms with Crippen LogP contribution in [0, 0.1) is 0 Å². The van der Waals surface area contributed by atoms with Crippen LogP contribution in [0.15, 0.2) is 53.0 Å². The molecule has 25 heavy (non-hydrogen) atoms. The summed E-state index contributed by atoms with van der Waals surface area (Å²) < 4.78 is 6.23. The molecular weight excluding hydrogens is 388 g/mol. The number of hydrogen-bond acceptors (Lipinski definition) is 4. The molecule has 0 fully saturated rings. The summed E-state index contributed by atoms with van der Waals surface area (Å²) in [7, 11) is 0. The third-order valence-corrected chi connectivity index (χ3v) is 3.89. The van der Waals surface area contributed by atoms with Crippen LogP contribution in [0.4, 0.5) is 5.69 Å². The van der Waals surface area contributed by atoms with Gasteiger partial charge in [-0.15, -0.1) is 0 Å². The van der Waals surface area contributed by atoms with Gasteiger partial charge < -0.3 is 15.4 Å². The fraction of sp³-hybridized carbons (Fsp3) is 0.167. The first kappa shape index (κ1) is 18.7. The number of primary amides is 1. The molecule has 2 aromatic rings. The summed E-state index contributed by atoms with van der Waals surface area (Å²) >= 11 is 3.27. The van der Waals surface area contributed by atoms with E-state index >= 15 is 0 Å². The van der Waals surface area contributed by atoms with Gasteiger partial charge in [0.05, 0.1) is 5.56 Å².